The number of hydrogen-bond acceptors (Lipinski definition) is 3. The molecular weight excluding hydrogens is 150 g/mol. The summed E-state index contributed by atoms with van der Waals surface area (Å²) in [6.45, 7) is 0. The fourth-order valence-corrected chi connectivity index (χ4v) is 1.41. The highest BCUT2D eigenvalue weighted by Crippen LogP contribution is 2.40. The van der Waals surface area contributed by atoms with Gasteiger partial charge in [0.1, 0.15) is 0 Å². The van der Waals surface area contributed by atoms with Crippen LogP contribution in [0.5, 0.6) is 0 Å². The van der Waals surface area contributed by atoms with Crippen LogP contribution in [-0.2, 0) is 0 Å². The molecule has 0 spiro atoms. The number of aromatic nitrogens is 1. The van der Waals surface area contributed by atoms with Crippen molar-refractivity contribution >= 4 is 5.69 Å². The average molecular weight is 163 g/mol. The van der Waals surface area contributed by atoms with Gasteiger partial charge in [0, 0.05) is 29.7 Å². The molecule has 1 heterocycles. The molecule has 0 amide bonds. The molecule has 3 nitrogen and oxygen atoms in total. The molecular formula is C9H13N3. The van der Waals surface area contributed by atoms with Crippen LogP contribution in [-0.4, -0.2) is 4.98 Å². The van der Waals surface area contributed by atoms with Crippen molar-refractivity contribution < 1.29 is 0 Å². The molecule has 1 aliphatic carbocycles. The van der Waals surface area contributed by atoms with E-state index in [0.29, 0.717) is 5.92 Å². The molecule has 1 saturated carbocycles. The quantitative estimate of drug-likeness (QED) is 0.685. The number of hydrogen-bond donors (Lipinski definition) is 2. The molecule has 0 radical (unpaired) electrons. The maximum atomic E-state index is 5.98. The number of rotatable bonds is 2. The molecule has 12 heavy (non-hydrogen) atoms. The molecule has 2 rings (SSSR count). The predicted molar refractivity (Wildman–Crippen MR) is 48.3 cm³/mol. The van der Waals surface area contributed by atoms with Gasteiger partial charge in [-0.2, -0.15) is 0 Å². The predicted octanol–water partition coefficient (Wildman–Crippen LogP) is 1.07. The van der Waals surface area contributed by atoms with Crippen molar-refractivity contribution in [2.75, 3.05) is 5.73 Å². The number of pyridine rings is 1. The van der Waals surface area contributed by atoms with Crippen LogP contribution < -0.4 is 11.5 Å². The van der Waals surface area contributed by atoms with Gasteiger partial charge in [-0.15, -0.1) is 0 Å². The minimum Gasteiger partial charge on any atom is -0.398 e. The van der Waals surface area contributed by atoms with Gasteiger partial charge in [-0.25, -0.2) is 0 Å². The molecule has 1 unspecified atom stereocenters. The maximum Gasteiger partial charge on any atom is 0.0393 e. The number of nitrogen functional groups attached to an aromatic ring is 1. The fraction of sp³-hybridized carbons (Fsp3) is 0.444. The van der Waals surface area contributed by atoms with Gasteiger partial charge in [-0.1, -0.05) is 0 Å². The Morgan fingerprint density at radius 2 is 2.25 bits per heavy atom. The van der Waals surface area contributed by atoms with Gasteiger partial charge < -0.3 is 11.5 Å². The molecule has 3 heteroatoms. The molecule has 1 atom stereocenters. The zero-order valence-corrected chi connectivity index (χ0v) is 6.90. The summed E-state index contributed by atoms with van der Waals surface area (Å²) in [7, 11) is 0. The van der Waals surface area contributed by atoms with Crippen molar-refractivity contribution in [1.82, 2.24) is 4.98 Å². The Labute approximate surface area is 71.8 Å². The SMILES string of the molecule is Nc1ccncc1C(N)C1CC1. The minimum atomic E-state index is 0.0960. The van der Waals surface area contributed by atoms with Crippen molar-refractivity contribution in [1.29, 1.82) is 0 Å². The van der Waals surface area contributed by atoms with Gasteiger partial charge in [0.2, 0.25) is 0 Å². The standard InChI is InChI=1S/C9H13N3/c10-8-3-4-12-5-7(8)9(11)6-1-2-6/h3-6,9H,1-2,11H2,(H2,10,12). The zero-order chi connectivity index (χ0) is 8.55. The third-order valence-corrected chi connectivity index (χ3v) is 2.38. The minimum absolute atomic E-state index is 0.0960. The lowest BCUT2D eigenvalue weighted by Crippen LogP contribution is -2.14. The van der Waals surface area contributed by atoms with Crippen LogP contribution in [0.4, 0.5) is 5.69 Å². The Balaban J connectivity index is 2.25. The van der Waals surface area contributed by atoms with E-state index in [4.69, 9.17) is 11.5 Å². The van der Waals surface area contributed by atoms with Crippen LogP contribution in [0.2, 0.25) is 0 Å². The largest absolute Gasteiger partial charge is 0.398 e. The van der Waals surface area contributed by atoms with E-state index in [1.807, 2.05) is 0 Å². The molecule has 4 N–H and O–H groups in total. The molecule has 1 fully saturated rings. The lowest BCUT2D eigenvalue weighted by molar-refractivity contribution is 0.633. The first-order valence-corrected chi connectivity index (χ1v) is 4.24. The van der Waals surface area contributed by atoms with Crippen LogP contribution in [0.25, 0.3) is 0 Å². The van der Waals surface area contributed by atoms with Crippen LogP contribution in [0, 0.1) is 5.92 Å². The lowest BCUT2D eigenvalue weighted by atomic mass is 10.0. The molecule has 0 bridgehead atoms. The second kappa shape index (κ2) is 2.75. The Bertz CT molecular complexity index is 281. The summed E-state index contributed by atoms with van der Waals surface area (Å²) in [4.78, 5) is 4.02. The molecule has 0 aromatic carbocycles. The topological polar surface area (TPSA) is 64.9 Å². The van der Waals surface area contributed by atoms with Gasteiger partial charge >= 0.3 is 0 Å². The molecule has 1 aromatic heterocycles. The second-order valence-corrected chi connectivity index (χ2v) is 3.37. The van der Waals surface area contributed by atoms with Gasteiger partial charge in [0.05, 0.1) is 0 Å². The zero-order valence-electron chi connectivity index (χ0n) is 6.90. The number of anilines is 1. The van der Waals surface area contributed by atoms with Crippen LogP contribution in [0.3, 0.4) is 0 Å². The third kappa shape index (κ3) is 1.28. The molecule has 0 saturated heterocycles. The van der Waals surface area contributed by atoms with E-state index < -0.39 is 0 Å². The van der Waals surface area contributed by atoms with E-state index >= 15 is 0 Å². The summed E-state index contributed by atoms with van der Waals surface area (Å²) in [6.07, 6.45) is 5.93. The summed E-state index contributed by atoms with van der Waals surface area (Å²) in [6, 6.07) is 1.90. The Morgan fingerprint density at radius 3 is 2.83 bits per heavy atom. The van der Waals surface area contributed by atoms with Crippen LogP contribution in [0.15, 0.2) is 18.5 Å². The third-order valence-electron chi connectivity index (χ3n) is 2.38. The number of nitrogens with two attached hydrogens (primary N) is 2. The molecule has 64 valence electrons. The summed E-state index contributed by atoms with van der Waals surface area (Å²) < 4.78 is 0. The number of nitrogens with zero attached hydrogens (tertiary/aromatic N) is 1. The normalized spacial score (nSPS) is 19.1. The molecule has 1 aliphatic rings. The van der Waals surface area contributed by atoms with Gasteiger partial charge in [0.15, 0.2) is 0 Å². The van der Waals surface area contributed by atoms with Crippen molar-refractivity contribution in [3.8, 4) is 0 Å². The van der Waals surface area contributed by atoms with Crippen molar-refractivity contribution in [3.63, 3.8) is 0 Å². The Hall–Kier alpha value is -1.09. The summed E-state index contributed by atoms with van der Waals surface area (Å²) in [5.74, 6) is 0.636. The highest BCUT2D eigenvalue weighted by atomic mass is 14.7. The summed E-state index contributed by atoms with van der Waals surface area (Å²) in [5.41, 5.74) is 13.5. The lowest BCUT2D eigenvalue weighted by Gasteiger charge is -2.11. The fourth-order valence-electron chi connectivity index (χ4n) is 1.41. The first kappa shape index (κ1) is 7.55. The highest BCUT2D eigenvalue weighted by Gasteiger charge is 2.30. The first-order valence-electron chi connectivity index (χ1n) is 4.24. The molecule has 1 aromatic rings. The maximum absolute atomic E-state index is 5.98. The van der Waals surface area contributed by atoms with Gasteiger partial charge in [-0.3, -0.25) is 4.98 Å². The van der Waals surface area contributed by atoms with Gasteiger partial charge in [-0.05, 0) is 24.8 Å². The van der Waals surface area contributed by atoms with E-state index in [2.05, 4.69) is 4.98 Å². The monoisotopic (exact) mass is 163 g/mol. The smallest absolute Gasteiger partial charge is 0.0393 e. The highest BCUT2D eigenvalue weighted by molar-refractivity contribution is 5.46. The summed E-state index contributed by atoms with van der Waals surface area (Å²) >= 11 is 0. The Kier molecular flexibility index (Phi) is 1.73. The van der Waals surface area contributed by atoms with Crippen molar-refractivity contribution in [2.45, 2.75) is 18.9 Å². The van der Waals surface area contributed by atoms with Crippen LogP contribution in [0.1, 0.15) is 24.4 Å². The Morgan fingerprint density at radius 1 is 1.50 bits per heavy atom. The van der Waals surface area contributed by atoms with E-state index in [1.165, 1.54) is 12.8 Å². The molecule has 0 aliphatic heterocycles. The van der Waals surface area contributed by atoms with E-state index in [9.17, 15) is 0 Å². The summed E-state index contributed by atoms with van der Waals surface area (Å²) in [5, 5.41) is 0. The van der Waals surface area contributed by atoms with Crippen molar-refractivity contribution in [2.24, 2.45) is 11.7 Å². The van der Waals surface area contributed by atoms with Crippen molar-refractivity contribution in [3.05, 3.63) is 24.0 Å². The van der Waals surface area contributed by atoms with E-state index in [0.717, 1.165) is 11.3 Å². The average Bonchev–Trinajstić information content (AvgIpc) is 2.86. The van der Waals surface area contributed by atoms with Gasteiger partial charge in [0.25, 0.3) is 0 Å². The first-order chi connectivity index (χ1) is 5.79. The second-order valence-electron chi connectivity index (χ2n) is 3.37. The van der Waals surface area contributed by atoms with E-state index in [1.54, 1.807) is 18.5 Å². The van der Waals surface area contributed by atoms with Crippen LogP contribution >= 0.6 is 0 Å². The van der Waals surface area contributed by atoms with E-state index in [-0.39, 0.29) is 6.04 Å².